The summed E-state index contributed by atoms with van der Waals surface area (Å²) in [5, 5.41) is 3.81. The number of aromatic nitrogens is 1. The lowest BCUT2D eigenvalue weighted by Crippen LogP contribution is -2.20. The van der Waals surface area contributed by atoms with Crippen molar-refractivity contribution in [3.8, 4) is 0 Å². The Hall–Kier alpha value is -0.850. The second-order valence-electron chi connectivity index (χ2n) is 4.37. The quantitative estimate of drug-likeness (QED) is 0.926. The molecule has 0 spiro atoms. The Bertz CT molecular complexity index is 696. The first-order chi connectivity index (χ1) is 8.55. The standard InChI is InChI=1S/C11H11ClN2O2S2/c12-8-1-2-9-11(13-6-17-9)10(8)14-7-3-4-18(15,16)5-7/h1-2,6-7,14H,3-5H2. The van der Waals surface area contributed by atoms with Gasteiger partial charge in [-0.25, -0.2) is 13.4 Å². The molecule has 2 heterocycles. The molecule has 0 aliphatic carbocycles. The van der Waals surface area contributed by atoms with Crippen LogP contribution >= 0.6 is 22.9 Å². The first kappa shape index (κ1) is 12.2. The number of rotatable bonds is 2. The van der Waals surface area contributed by atoms with Crippen LogP contribution in [0.1, 0.15) is 6.42 Å². The van der Waals surface area contributed by atoms with Gasteiger partial charge in [-0.05, 0) is 18.6 Å². The normalized spacial score (nSPS) is 22.4. The number of halogens is 1. The molecule has 1 unspecified atom stereocenters. The van der Waals surface area contributed by atoms with E-state index in [2.05, 4.69) is 10.3 Å². The van der Waals surface area contributed by atoms with Crippen molar-refractivity contribution in [2.45, 2.75) is 12.5 Å². The molecule has 1 saturated heterocycles. The largest absolute Gasteiger partial charge is 0.378 e. The smallest absolute Gasteiger partial charge is 0.152 e. The minimum Gasteiger partial charge on any atom is -0.378 e. The van der Waals surface area contributed by atoms with Crippen molar-refractivity contribution in [3.63, 3.8) is 0 Å². The predicted octanol–water partition coefficient (Wildman–Crippen LogP) is 2.55. The topological polar surface area (TPSA) is 59.1 Å². The van der Waals surface area contributed by atoms with Gasteiger partial charge in [0.05, 0.1) is 32.4 Å². The molecule has 0 bridgehead atoms. The van der Waals surface area contributed by atoms with Crippen molar-refractivity contribution in [1.82, 2.24) is 4.98 Å². The van der Waals surface area contributed by atoms with Gasteiger partial charge < -0.3 is 5.32 Å². The van der Waals surface area contributed by atoms with Crippen LogP contribution in [0.3, 0.4) is 0 Å². The average molecular weight is 303 g/mol. The van der Waals surface area contributed by atoms with Crippen LogP contribution in [-0.4, -0.2) is 30.9 Å². The Morgan fingerprint density at radius 3 is 3.00 bits per heavy atom. The van der Waals surface area contributed by atoms with E-state index < -0.39 is 9.84 Å². The van der Waals surface area contributed by atoms with Crippen molar-refractivity contribution in [1.29, 1.82) is 0 Å². The fraction of sp³-hybridized carbons (Fsp3) is 0.364. The first-order valence-electron chi connectivity index (χ1n) is 5.54. The summed E-state index contributed by atoms with van der Waals surface area (Å²) in [6, 6.07) is 3.67. The molecule has 4 nitrogen and oxygen atoms in total. The molecule has 1 atom stereocenters. The predicted molar refractivity (Wildman–Crippen MR) is 75.3 cm³/mol. The molecule has 1 aliphatic rings. The highest BCUT2D eigenvalue weighted by molar-refractivity contribution is 7.91. The van der Waals surface area contributed by atoms with E-state index in [1.54, 1.807) is 5.51 Å². The maximum absolute atomic E-state index is 11.4. The molecule has 0 saturated carbocycles. The molecule has 18 heavy (non-hydrogen) atoms. The number of nitrogens with one attached hydrogen (secondary N) is 1. The van der Waals surface area contributed by atoms with E-state index in [-0.39, 0.29) is 17.5 Å². The third-order valence-corrected chi connectivity index (χ3v) is 5.91. The molecule has 1 N–H and O–H groups in total. The van der Waals surface area contributed by atoms with E-state index >= 15 is 0 Å². The Morgan fingerprint density at radius 1 is 1.44 bits per heavy atom. The van der Waals surface area contributed by atoms with E-state index in [0.29, 0.717) is 11.4 Å². The highest BCUT2D eigenvalue weighted by Gasteiger charge is 2.28. The van der Waals surface area contributed by atoms with E-state index in [1.807, 2.05) is 12.1 Å². The maximum atomic E-state index is 11.4. The van der Waals surface area contributed by atoms with Gasteiger partial charge in [0.15, 0.2) is 9.84 Å². The van der Waals surface area contributed by atoms with Gasteiger partial charge in [0.1, 0.15) is 5.52 Å². The van der Waals surface area contributed by atoms with Crippen molar-refractivity contribution in [3.05, 3.63) is 22.7 Å². The van der Waals surface area contributed by atoms with Crippen molar-refractivity contribution >= 4 is 48.7 Å². The summed E-state index contributed by atoms with van der Waals surface area (Å²) in [4.78, 5) is 4.28. The van der Waals surface area contributed by atoms with Crippen molar-refractivity contribution in [2.75, 3.05) is 16.8 Å². The zero-order valence-electron chi connectivity index (χ0n) is 9.39. The number of fused-ring (bicyclic) bond motifs is 1. The summed E-state index contributed by atoms with van der Waals surface area (Å²) in [6.07, 6.45) is 0.624. The molecule has 0 amide bonds. The molecular formula is C11H11ClN2O2S2. The monoisotopic (exact) mass is 302 g/mol. The zero-order valence-corrected chi connectivity index (χ0v) is 11.8. The number of sulfone groups is 1. The summed E-state index contributed by atoms with van der Waals surface area (Å²) in [7, 11) is -2.89. The fourth-order valence-electron chi connectivity index (χ4n) is 2.16. The van der Waals surface area contributed by atoms with E-state index in [9.17, 15) is 8.42 Å². The number of benzene rings is 1. The Kier molecular flexibility index (Phi) is 2.96. The van der Waals surface area contributed by atoms with Crippen LogP contribution in [0.15, 0.2) is 17.6 Å². The van der Waals surface area contributed by atoms with Crippen molar-refractivity contribution < 1.29 is 8.42 Å². The van der Waals surface area contributed by atoms with Gasteiger partial charge in [0.2, 0.25) is 0 Å². The van der Waals surface area contributed by atoms with Gasteiger partial charge in [-0.15, -0.1) is 11.3 Å². The van der Waals surface area contributed by atoms with E-state index in [0.717, 1.165) is 15.9 Å². The molecular weight excluding hydrogens is 292 g/mol. The van der Waals surface area contributed by atoms with Crippen LogP contribution in [-0.2, 0) is 9.84 Å². The number of nitrogens with zero attached hydrogens (tertiary/aromatic N) is 1. The minimum absolute atomic E-state index is 0.0696. The molecule has 3 rings (SSSR count). The summed E-state index contributed by atoms with van der Waals surface area (Å²) in [5.74, 6) is 0.416. The molecule has 1 aromatic carbocycles. The van der Waals surface area contributed by atoms with Crippen molar-refractivity contribution in [2.24, 2.45) is 0 Å². The highest BCUT2D eigenvalue weighted by Crippen LogP contribution is 2.33. The van der Waals surface area contributed by atoms with Crippen LogP contribution in [0.4, 0.5) is 5.69 Å². The average Bonchev–Trinajstić information content (AvgIpc) is 2.89. The lowest BCUT2D eigenvalue weighted by Gasteiger charge is -2.14. The summed E-state index contributed by atoms with van der Waals surface area (Å²) >= 11 is 7.70. The summed E-state index contributed by atoms with van der Waals surface area (Å²) in [6.45, 7) is 0. The molecule has 2 aromatic rings. The lowest BCUT2D eigenvalue weighted by molar-refractivity contribution is 0.602. The fourth-order valence-corrected chi connectivity index (χ4v) is 4.72. The summed E-state index contributed by atoms with van der Waals surface area (Å²) in [5.41, 5.74) is 3.33. The SMILES string of the molecule is O=S1(=O)CCC(Nc2c(Cl)ccc3scnc23)C1. The number of anilines is 1. The van der Waals surface area contributed by atoms with Crippen LogP contribution in [0.2, 0.25) is 5.02 Å². The third kappa shape index (κ3) is 2.20. The Balaban J connectivity index is 1.95. The molecule has 1 aliphatic heterocycles. The maximum Gasteiger partial charge on any atom is 0.152 e. The van der Waals surface area contributed by atoms with Gasteiger partial charge in [-0.1, -0.05) is 11.6 Å². The number of hydrogen-bond donors (Lipinski definition) is 1. The van der Waals surface area contributed by atoms with Crippen LogP contribution < -0.4 is 5.32 Å². The van der Waals surface area contributed by atoms with Gasteiger partial charge in [0.25, 0.3) is 0 Å². The molecule has 96 valence electrons. The second-order valence-corrected chi connectivity index (χ2v) is 7.89. The molecule has 0 radical (unpaired) electrons. The zero-order chi connectivity index (χ0) is 12.8. The van der Waals surface area contributed by atoms with Crippen LogP contribution in [0, 0.1) is 0 Å². The highest BCUT2D eigenvalue weighted by atomic mass is 35.5. The number of thiazole rings is 1. The van der Waals surface area contributed by atoms with Gasteiger partial charge >= 0.3 is 0 Å². The minimum atomic E-state index is -2.89. The Morgan fingerprint density at radius 2 is 2.28 bits per heavy atom. The molecule has 7 heteroatoms. The first-order valence-corrected chi connectivity index (χ1v) is 8.62. The van der Waals surface area contributed by atoms with Gasteiger partial charge in [0, 0.05) is 6.04 Å². The third-order valence-electron chi connectivity index (χ3n) is 3.03. The second kappa shape index (κ2) is 4.36. The lowest BCUT2D eigenvalue weighted by atomic mass is 10.2. The van der Waals surface area contributed by atoms with Gasteiger partial charge in [-0.3, -0.25) is 0 Å². The summed E-state index contributed by atoms with van der Waals surface area (Å²) < 4.78 is 23.9. The van der Waals surface area contributed by atoms with E-state index in [1.165, 1.54) is 11.3 Å². The van der Waals surface area contributed by atoms with E-state index in [4.69, 9.17) is 11.6 Å². The Labute approximate surface area is 114 Å². The molecule has 1 fully saturated rings. The van der Waals surface area contributed by atoms with Gasteiger partial charge in [-0.2, -0.15) is 0 Å². The van der Waals surface area contributed by atoms with Crippen LogP contribution in [0.25, 0.3) is 10.2 Å². The van der Waals surface area contributed by atoms with Crippen LogP contribution in [0.5, 0.6) is 0 Å². The molecule has 1 aromatic heterocycles. The number of hydrogen-bond acceptors (Lipinski definition) is 5.